The molecule has 8 nitrogen and oxygen atoms in total. The van der Waals surface area contributed by atoms with Gasteiger partial charge in [-0.1, -0.05) is 20.8 Å². The van der Waals surface area contributed by atoms with Crippen molar-refractivity contribution in [2.45, 2.75) is 46.0 Å². The largest absolute Gasteiger partial charge is 0.465 e. The fourth-order valence-corrected chi connectivity index (χ4v) is 3.75. The predicted molar refractivity (Wildman–Crippen MR) is 99.7 cm³/mol. The predicted octanol–water partition coefficient (Wildman–Crippen LogP) is 3.12. The first-order valence-electron chi connectivity index (χ1n) is 9.14. The summed E-state index contributed by atoms with van der Waals surface area (Å²) in [6.45, 7) is 6.65. The number of esters is 1. The number of ether oxygens (including phenoxy) is 1. The van der Waals surface area contributed by atoms with Crippen molar-refractivity contribution in [3.05, 3.63) is 23.4 Å². The van der Waals surface area contributed by atoms with Crippen LogP contribution in [0.2, 0.25) is 0 Å². The summed E-state index contributed by atoms with van der Waals surface area (Å²) in [5.74, 6) is -0.496. The van der Waals surface area contributed by atoms with Gasteiger partial charge in [0.15, 0.2) is 0 Å². The topological polar surface area (TPSA) is 107 Å². The number of carbonyl (C=O) groups is 2. The average Bonchev–Trinajstić information content (AvgIpc) is 2.63. The van der Waals surface area contributed by atoms with Crippen LogP contribution >= 0.6 is 0 Å². The van der Waals surface area contributed by atoms with Crippen molar-refractivity contribution in [1.29, 1.82) is 5.26 Å². The van der Waals surface area contributed by atoms with Gasteiger partial charge < -0.3 is 19.6 Å². The second kappa shape index (κ2) is 8.38. The van der Waals surface area contributed by atoms with Crippen LogP contribution < -0.4 is 4.90 Å². The van der Waals surface area contributed by atoms with Gasteiger partial charge in [-0.3, -0.25) is 4.79 Å². The first-order valence-corrected chi connectivity index (χ1v) is 9.14. The van der Waals surface area contributed by atoms with Gasteiger partial charge in [0.05, 0.1) is 29.3 Å². The zero-order chi connectivity index (χ0) is 22.9. The van der Waals surface area contributed by atoms with E-state index in [4.69, 9.17) is 4.74 Å². The molecule has 1 aromatic heterocycles. The van der Waals surface area contributed by atoms with E-state index in [2.05, 4.69) is 4.98 Å². The molecule has 2 rings (SSSR count). The molecule has 1 aliphatic heterocycles. The number of nitriles is 1. The zero-order valence-electron chi connectivity index (χ0n) is 17.0. The van der Waals surface area contributed by atoms with Crippen molar-refractivity contribution < 1.29 is 32.6 Å². The number of alkyl halides is 3. The van der Waals surface area contributed by atoms with Crippen molar-refractivity contribution in [2.75, 3.05) is 24.6 Å². The van der Waals surface area contributed by atoms with Crippen LogP contribution in [0.15, 0.2) is 12.3 Å². The Morgan fingerprint density at radius 1 is 1.33 bits per heavy atom. The summed E-state index contributed by atoms with van der Waals surface area (Å²) in [5, 5.41) is 18.8. The second-order valence-corrected chi connectivity index (χ2v) is 8.05. The first kappa shape index (κ1) is 23.3. The summed E-state index contributed by atoms with van der Waals surface area (Å²) < 4.78 is 44.5. The monoisotopic (exact) mass is 428 g/mol. The van der Waals surface area contributed by atoms with Gasteiger partial charge in [-0.25, -0.2) is 9.78 Å². The summed E-state index contributed by atoms with van der Waals surface area (Å²) in [6, 6.07) is 1.20. The van der Waals surface area contributed by atoms with E-state index in [1.807, 2.05) is 20.8 Å². The van der Waals surface area contributed by atoms with Crippen LogP contribution in [0.25, 0.3) is 0 Å². The molecule has 164 valence electrons. The highest BCUT2D eigenvalue weighted by Crippen LogP contribution is 2.36. The van der Waals surface area contributed by atoms with Gasteiger partial charge in [0.1, 0.15) is 12.4 Å². The number of anilines is 1. The third-order valence-corrected chi connectivity index (χ3v) is 4.88. The van der Waals surface area contributed by atoms with E-state index >= 15 is 0 Å². The van der Waals surface area contributed by atoms with E-state index in [1.54, 1.807) is 4.90 Å². The minimum absolute atomic E-state index is 0.0679. The minimum atomic E-state index is -4.73. The Labute approximate surface area is 171 Å². The molecule has 2 atom stereocenters. The highest BCUT2D eigenvalue weighted by atomic mass is 19.4. The molecule has 1 amide bonds. The Balaban J connectivity index is 2.55. The number of nitrogens with zero attached hydrogens (tertiary/aromatic N) is 4. The van der Waals surface area contributed by atoms with Gasteiger partial charge >= 0.3 is 18.2 Å². The molecule has 0 bridgehead atoms. The Hall–Kier alpha value is -3.03. The number of halogens is 3. The van der Waals surface area contributed by atoms with E-state index in [-0.39, 0.29) is 25.5 Å². The molecule has 2 heterocycles. The van der Waals surface area contributed by atoms with E-state index in [1.165, 1.54) is 17.9 Å². The number of carbonyl (C=O) groups excluding carboxylic acids is 1. The van der Waals surface area contributed by atoms with Gasteiger partial charge in [-0.15, -0.1) is 0 Å². The molecular weight excluding hydrogens is 405 g/mol. The summed E-state index contributed by atoms with van der Waals surface area (Å²) in [7, 11) is 0. The fraction of sp³-hybridized carbons (Fsp3) is 0.579. The SMILES string of the molecule is CC(=O)OCC1[C@@H](C(C)(C)C)N(C(=O)O)CCN1c1cc(C#N)c(C(F)(F)F)cn1. The minimum Gasteiger partial charge on any atom is -0.465 e. The van der Waals surface area contributed by atoms with Crippen molar-refractivity contribution >= 4 is 17.9 Å². The lowest BCUT2D eigenvalue weighted by Crippen LogP contribution is -2.66. The normalized spacial score (nSPS) is 19.9. The van der Waals surface area contributed by atoms with Gasteiger partial charge in [-0.05, 0) is 11.5 Å². The van der Waals surface area contributed by atoms with Crippen molar-refractivity contribution in [3.63, 3.8) is 0 Å². The molecular formula is C19H23F3N4O4. The Kier molecular flexibility index (Phi) is 6.49. The smallest absolute Gasteiger partial charge is 0.419 e. The van der Waals surface area contributed by atoms with Gasteiger partial charge in [0, 0.05) is 26.2 Å². The highest BCUT2D eigenvalue weighted by Gasteiger charge is 2.46. The molecule has 1 fully saturated rings. The number of piperazine rings is 1. The van der Waals surface area contributed by atoms with Crippen LogP contribution in [0.5, 0.6) is 0 Å². The Morgan fingerprint density at radius 2 is 1.97 bits per heavy atom. The maximum Gasteiger partial charge on any atom is 0.419 e. The van der Waals surface area contributed by atoms with Gasteiger partial charge in [-0.2, -0.15) is 18.4 Å². The zero-order valence-corrected chi connectivity index (χ0v) is 17.0. The number of hydrogen-bond acceptors (Lipinski definition) is 6. The molecule has 1 N–H and O–H groups in total. The highest BCUT2D eigenvalue weighted by molar-refractivity contribution is 5.67. The number of aromatic nitrogens is 1. The summed E-state index contributed by atoms with van der Waals surface area (Å²) >= 11 is 0. The molecule has 1 saturated heterocycles. The van der Waals surface area contributed by atoms with E-state index in [0.717, 1.165) is 6.07 Å². The first-order chi connectivity index (χ1) is 13.8. The van der Waals surface area contributed by atoms with Gasteiger partial charge in [0.2, 0.25) is 0 Å². The van der Waals surface area contributed by atoms with Crippen LogP contribution in [0.3, 0.4) is 0 Å². The van der Waals surface area contributed by atoms with E-state index < -0.39 is 46.9 Å². The number of hydrogen-bond donors (Lipinski definition) is 1. The molecule has 0 radical (unpaired) electrons. The number of amides is 1. The molecule has 0 aliphatic carbocycles. The fourth-order valence-electron chi connectivity index (χ4n) is 3.75. The van der Waals surface area contributed by atoms with Crippen LogP contribution in [0.4, 0.5) is 23.8 Å². The van der Waals surface area contributed by atoms with Gasteiger partial charge in [0.25, 0.3) is 0 Å². The van der Waals surface area contributed by atoms with E-state index in [9.17, 15) is 33.1 Å². The molecule has 0 saturated carbocycles. The Morgan fingerprint density at radius 3 is 2.43 bits per heavy atom. The third kappa shape index (κ3) is 4.93. The maximum atomic E-state index is 13.1. The Bertz CT molecular complexity index is 861. The van der Waals surface area contributed by atoms with Crippen LogP contribution in [0.1, 0.15) is 38.8 Å². The lowest BCUT2D eigenvalue weighted by molar-refractivity contribution is -0.142. The molecule has 0 spiro atoms. The van der Waals surface area contributed by atoms with Crippen molar-refractivity contribution in [3.8, 4) is 6.07 Å². The van der Waals surface area contributed by atoms with Crippen LogP contribution in [-0.2, 0) is 15.7 Å². The lowest BCUT2D eigenvalue weighted by Gasteiger charge is -2.51. The molecule has 11 heteroatoms. The molecule has 0 aromatic carbocycles. The van der Waals surface area contributed by atoms with Crippen molar-refractivity contribution in [1.82, 2.24) is 9.88 Å². The number of carboxylic acid groups (broad SMARTS) is 1. The quantitative estimate of drug-likeness (QED) is 0.737. The average molecular weight is 428 g/mol. The number of pyridine rings is 1. The van der Waals surface area contributed by atoms with E-state index in [0.29, 0.717) is 6.20 Å². The summed E-state index contributed by atoms with van der Waals surface area (Å²) in [6.07, 6.45) is -5.30. The standard InChI is InChI=1S/C19H23F3N4O4/c1-11(27)30-10-14-16(18(2,3)4)26(17(28)29)6-5-25(14)15-7-12(8-23)13(9-24-15)19(20,21)22/h7,9,14,16H,5-6,10H2,1-4H3,(H,28,29)/t14?,16-/m0/s1. The van der Waals surface area contributed by atoms with Crippen LogP contribution in [-0.4, -0.2) is 58.8 Å². The third-order valence-electron chi connectivity index (χ3n) is 4.88. The molecule has 30 heavy (non-hydrogen) atoms. The number of rotatable bonds is 3. The maximum absolute atomic E-state index is 13.1. The van der Waals surface area contributed by atoms with Crippen LogP contribution in [0, 0.1) is 16.7 Å². The lowest BCUT2D eigenvalue weighted by atomic mass is 9.79. The van der Waals surface area contributed by atoms with Crippen molar-refractivity contribution in [2.24, 2.45) is 5.41 Å². The second-order valence-electron chi connectivity index (χ2n) is 8.05. The summed E-state index contributed by atoms with van der Waals surface area (Å²) in [5.41, 5.74) is -2.33. The molecule has 1 aliphatic rings. The molecule has 1 unspecified atom stereocenters. The summed E-state index contributed by atoms with van der Waals surface area (Å²) in [4.78, 5) is 29.9. The molecule has 1 aromatic rings.